The van der Waals surface area contributed by atoms with E-state index in [0.717, 1.165) is 11.3 Å². The van der Waals surface area contributed by atoms with Crippen LogP contribution in [0.5, 0.6) is 11.5 Å². The molecule has 0 aliphatic carbocycles. The van der Waals surface area contributed by atoms with Crippen LogP contribution in [-0.2, 0) is 14.3 Å². The van der Waals surface area contributed by atoms with Crippen molar-refractivity contribution in [2.24, 2.45) is 0 Å². The minimum absolute atomic E-state index is 0.0205. The van der Waals surface area contributed by atoms with Crippen molar-refractivity contribution in [3.05, 3.63) is 40.3 Å². The zero-order valence-electron chi connectivity index (χ0n) is 16.3. The smallest absolute Gasteiger partial charge is 0.348 e. The lowest BCUT2D eigenvalue weighted by Gasteiger charge is -2.25. The van der Waals surface area contributed by atoms with Crippen molar-refractivity contribution < 1.29 is 33.3 Å². The Balaban J connectivity index is 1.85. The van der Waals surface area contributed by atoms with Crippen LogP contribution in [0.25, 0.3) is 0 Å². The van der Waals surface area contributed by atoms with E-state index in [0.29, 0.717) is 17.1 Å². The van der Waals surface area contributed by atoms with Gasteiger partial charge in [0.05, 0.1) is 18.8 Å². The molecule has 3 rings (SSSR count). The molecule has 8 nitrogen and oxygen atoms in total. The van der Waals surface area contributed by atoms with Gasteiger partial charge in [-0.1, -0.05) is 12.1 Å². The molecule has 29 heavy (non-hydrogen) atoms. The Morgan fingerprint density at radius 2 is 1.76 bits per heavy atom. The molecule has 1 aromatic carbocycles. The van der Waals surface area contributed by atoms with E-state index < -0.39 is 23.9 Å². The standard InChI is InChI=1S/C20H21NO7S/c1-4-25-19(23)15-11(3)16(20(24)26-5-2)29-18(15)21-17(22)14-10-27-12-8-6-7-9-13(12)28-14/h6-9,14H,4-5,10H2,1-3H3,(H,21,22)/t14-/m0/s1. The summed E-state index contributed by atoms with van der Waals surface area (Å²) < 4.78 is 21.4. The largest absolute Gasteiger partial charge is 0.485 e. The van der Waals surface area contributed by atoms with Crippen LogP contribution in [0, 0.1) is 6.92 Å². The lowest BCUT2D eigenvalue weighted by molar-refractivity contribution is -0.125. The molecule has 1 aliphatic heterocycles. The summed E-state index contributed by atoms with van der Waals surface area (Å²) >= 11 is 0.963. The van der Waals surface area contributed by atoms with Crippen molar-refractivity contribution in [1.29, 1.82) is 0 Å². The highest BCUT2D eigenvalue weighted by Gasteiger charge is 2.31. The molecule has 2 heterocycles. The van der Waals surface area contributed by atoms with Crippen LogP contribution in [0.1, 0.15) is 39.4 Å². The Labute approximate surface area is 171 Å². The summed E-state index contributed by atoms with van der Waals surface area (Å²) in [6, 6.07) is 7.03. The molecule has 0 bridgehead atoms. The predicted octanol–water partition coefficient (Wildman–Crippen LogP) is 3.19. The molecular weight excluding hydrogens is 398 g/mol. The quantitative estimate of drug-likeness (QED) is 0.718. The maximum absolute atomic E-state index is 12.7. The van der Waals surface area contributed by atoms with E-state index in [1.165, 1.54) is 0 Å². The first-order valence-corrected chi connectivity index (χ1v) is 9.94. The van der Waals surface area contributed by atoms with Crippen LogP contribution < -0.4 is 14.8 Å². The van der Waals surface area contributed by atoms with Gasteiger partial charge in [-0.25, -0.2) is 9.59 Å². The van der Waals surface area contributed by atoms with Gasteiger partial charge in [0, 0.05) is 0 Å². The Hall–Kier alpha value is -3.07. The number of ether oxygens (including phenoxy) is 4. The molecule has 9 heteroatoms. The van der Waals surface area contributed by atoms with E-state index in [1.807, 2.05) is 0 Å². The maximum Gasteiger partial charge on any atom is 0.348 e. The van der Waals surface area contributed by atoms with Crippen LogP contribution in [0.4, 0.5) is 5.00 Å². The fourth-order valence-corrected chi connectivity index (χ4v) is 3.87. The van der Waals surface area contributed by atoms with Crippen LogP contribution in [-0.4, -0.2) is 43.8 Å². The van der Waals surface area contributed by atoms with Gasteiger partial charge in [0.25, 0.3) is 5.91 Å². The van der Waals surface area contributed by atoms with Gasteiger partial charge >= 0.3 is 11.9 Å². The molecule has 0 spiro atoms. The second-order valence-electron chi connectivity index (χ2n) is 6.05. The van der Waals surface area contributed by atoms with Crippen LogP contribution in [0.3, 0.4) is 0 Å². The minimum Gasteiger partial charge on any atom is -0.485 e. The Morgan fingerprint density at radius 1 is 1.10 bits per heavy atom. The van der Waals surface area contributed by atoms with Gasteiger partial charge in [-0.05, 0) is 38.5 Å². The van der Waals surface area contributed by atoms with E-state index >= 15 is 0 Å². The van der Waals surface area contributed by atoms with Crippen molar-refractivity contribution in [2.45, 2.75) is 26.9 Å². The number of thiophene rings is 1. The molecule has 0 fully saturated rings. The molecule has 1 N–H and O–H groups in total. The van der Waals surface area contributed by atoms with E-state index in [4.69, 9.17) is 18.9 Å². The number of carbonyl (C=O) groups is 3. The molecule has 1 amide bonds. The molecule has 2 aromatic rings. The summed E-state index contributed by atoms with van der Waals surface area (Å²) in [5, 5.41) is 2.88. The number of para-hydroxylation sites is 2. The van der Waals surface area contributed by atoms with Crippen LogP contribution >= 0.6 is 11.3 Å². The molecule has 1 aromatic heterocycles. The average molecular weight is 419 g/mol. The second-order valence-corrected chi connectivity index (χ2v) is 7.08. The first kappa shape index (κ1) is 20.7. The fourth-order valence-electron chi connectivity index (χ4n) is 2.78. The van der Waals surface area contributed by atoms with Crippen molar-refractivity contribution in [1.82, 2.24) is 0 Å². The molecule has 154 valence electrons. The summed E-state index contributed by atoms with van der Waals surface area (Å²) in [5.41, 5.74) is 0.527. The lowest BCUT2D eigenvalue weighted by Crippen LogP contribution is -2.40. The number of rotatable bonds is 6. The van der Waals surface area contributed by atoms with Crippen molar-refractivity contribution in [2.75, 3.05) is 25.1 Å². The van der Waals surface area contributed by atoms with Gasteiger partial charge in [0.2, 0.25) is 6.10 Å². The topological polar surface area (TPSA) is 100 Å². The maximum atomic E-state index is 12.7. The number of carbonyl (C=O) groups excluding carboxylic acids is 3. The van der Waals surface area contributed by atoms with Crippen LogP contribution in [0.15, 0.2) is 24.3 Å². The highest BCUT2D eigenvalue weighted by Crippen LogP contribution is 2.35. The molecule has 0 unspecified atom stereocenters. The Bertz CT molecular complexity index is 937. The third kappa shape index (κ3) is 4.34. The minimum atomic E-state index is -0.909. The summed E-state index contributed by atoms with van der Waals surface area (Å²) in [6.45, 7) is 5.35. The number of nitrogens with one attached hydrogen (secondary N) is 1. The highest BCUT2D eigenvalue weighted by molar-refractivity contribution is 7.18. The normalized spacial score (nSPS) is 14.8. The van der Waals surface area contributed by atoms with Gasteiger partial charge in [-0.2, -0.15) is 0 Å². The Kier molecular flexibility index (Phi) is 6.38. The molecule has 1 atom stereocenters. The van der Waals surface area contributed by atoms with Crippen LogP contribution in [0.2, 0.25) is 0 Å². The third-order valence-corrected chi connectivity index (χ3v) is 5.31. The van der Waals surface area contributed by atoms with E-state index in [-0.39, 0.29) is 35.3 Å². The van der Waals surface area contributed by atoms with Crippen molar-refractivity contribution >= 4 is 34.2 Å². The van der Waals surface area contributed by atoms with E-state index in [9.17, 15) is 14.4 Å². The van der Waals surface area contributed by atoms with E-state index in [1.54, 1.807) is 45.0 Å². The summed E-state index contributed by atoms with van der Waals surface area (Å²) in [6.07, 6.45) is -0.909. The molecule has 0 saturated carbocycles. The number of fused-ring (bicyclic) bond motifs is 1. The van der Waals surface area contributed by atoms with Gasteiger partial charge in [-0.15, -0.1) is 11.3 Å². The van der Waals surface area contributed by atoms with E-state index in [2.05, 4.69) is 5.32 Å². The van der Waals surface area contributed by atoms with Gasteiger partial charge in [0.15, 0.2) is 11.5 Å². The van der Waals surface area contributed by atoms with Gasteiger partial charge < -0.3 is 24.3 Å². The monoisotopic (exact) mass is 419 g/mol. The number of anilines is 1. The number of hydrogen-bond donors (Lipinski definition) is 1. The molecule has 1 aliphatic rings. The number of benzene rings is 1. The SMILES string of the molecule is CCOC(=O)c1sc(NC(=O)[C@@H]2COc3ccccc3O2)c(C(=O)OCC)c1C. The number of amides is 1. The zero-order valence-corrected chi connectivity index (χ0v) is 17.1. The molecule has 0 saturated heterocycles. The van der Waals surface area contributed by atoms with Gasteiger partial charge in [0.1, 0.15) is 16.5 Å². The van der Waals surface area contributed by atoms with Crippen molar-refractivity contribution in [3.8, 4) is 11.5 Å². The lowest BCUT2D eigenvalue weighted by atomic mass is 10.1. The molecular formula is C20H21NO7S. The third-order valence-electron chi connectivity index (χ3n) is 4.12. The summed E-state index contributed by atoms with van der Waals surface area (Å²) in [4.78, 5) is 37.6. The molecule has 0 radical (unpaired) electrons. The number of hydrogen-bond acceptors (Lipinski definition) is 8. The first-order chi connectivity index (χ1) is 14.0. The van der Waals surface area contributed by atoms with Crippen molar-refractivity contribution in [3.63, 3.8) is 0 Å². The first-order valence-electron chi connectivity index (χ1n) is 9.13. The zero-order chi connectivity index (χ0) is 21.0. The van der Waals surface area contributed by atoms with Gasteiger partial charge in [-0.3, -0.25) is 4.79 Å². The number of esters is 2. The average Bonchev–Trinajstić information content (AvgIpc) is 3.04. The summed E-state index contributed by atoms with van der Waals surface area (Å²) in [5.74, 6) is -0.674. The second kappa shape index (κ2) is 8.95. The Morgan fingerprint density at radius 3 is 2.45 bits per heavy atom. The fraction of sp³-hybridized carbons (Fsp3) is 0.350. The highest BCUT2D eigenvalue weighted by atomic mass is 32.1. The predicted molar refractivity (Wildman–Crippen MR) is 106 cm³/mol. The summed E-state index contributed by atoms with van der Waals surface area (Å²) in [7, 11) is 0.